The van der Waals surface area contributed by atoms with Gasteiger partial charge in [0.1, 0.15) is 6.61 Å². The maximum absolute atomic E-state index is 12.9. The molecular weight excluding hydrogens is 526 g/mol. The van der Waals surface area contributed by atoms with Crippen LogP contribution in [0, 0.1) is 0 Å². The third kappa shape index (κ3) is 5.27. The first kappa shape index (κ1) is 23.4. The number of nitrogens with zero attached hydrogens (tertiary/aromatic N) is 1. The number of benzene rings is 3. The van der Waals surface area contributed by atoms with E-state index in [9.17, 15) is 9.59 Å². The lowest BCUT2D eigenvalue weighted by molar-refractivity contribution is -0.113. The third-order valence-corrected chi connectivity index (χ3v) is 6.59. The average Bonchev–Trinajstić information content (AvgIpc) is 3.07. The molecule has 8 heteroatoms. The number of thioether (sulfide) groups is 1. The first-order valence-electron chi connectivity index (χ1n) is 10.1. The molecule has 0 aromatic heterocycles. The summed E-state index contributed by atoms with van der Waals surface area (Å²) in [6.45, 7) is 2.58. The van der Waals surface area contributed by atoms with Crippen molar-refractivity contribution in [3.05, 3.63) is 92.3 Å². The molecule has 1 heterocycles. The van der Waals surface area contributed by atoms with Crippen LogP contribution >= 0.6 is 39.3 Å². The van der Waals surface area contributed by atoms with Gasteiger partial charge in [0, 0.05) is 10.6 Å². The molecule has 3 aromatic carbocycles. The lowest BCUT2D eigenvalue weighted by Gasteiger charge is -2.15. The fourth-order valence-corrected chi connectivity index (χ4v) is 4.86. The van der Waals surface area contributed by atoms with Crippen LogP contribution in [0.4, 0.5) is 10.5 Å². The number of halogens is 2. The lowest BCUT2D eigenvalue weighted by Crippen LogP contribution is -2.27. The van der Waals surface area contributed by atoms with Crippen LogP contribution in [0.2, 0.25) is 5.02 Å². The Labute approximate surface area is 209 Å². The van der Waals surface area contributed by atoms with Gasteiger partial charge in [-0.15, -0.1) is 0 Å². The van der Waals surface area contributed by atoms with Crippen molar-refractivity contribution in [1.82, 2.24) is 0 Å². The van der Waals surface area contributed by atoms with Crippen LogP contribution in [-0.4, -0.2) is 17.8 Å². The van der Waals surface area contributed by atoms with E-state index in [1.54, 1.807) is 36.4 Å². The summed E-state index contributed by atoms with van der Waals surface area (Å²) >= 11 is 10.7. The number of imide groups is 1. The highest BCUT2D eigenvalue weighted by atomic mass is 79.9. The number of ether oxygens (including phenoxy) is 2. The van der Waals surface area contributed by atoms with Crippen LogP contribution in [0.5, 0.6) is 11.5 Å². The number of para-hydroxylation sites is 1. The number of rotatable bonds is 7. The summed E-state index contributed by atoms with van der Waals surface area (Å²) in [6, 6.07) is 19.9. The van der Waals surface area contributed by atoms with Crippen LogP contribution in [0.3, 0.4) is 0 Å². The Morgan fingerprint density at radius 3 is 2.48 bits per heavy atom. The Bertz CT molecular complexity index is 1230. The highest BCUT2D eigenvalue weighted by molar-refractivity contribution is 9.10. The minimum atomic E-state index is -0.357. The Kier molecular flexibility index (Phi) is 7.42. The molecule has 0 N–H and O–H groups in total. The molecule has 0 spiro atoms. The summed E-state index contributed by atoms with van der Waals surface area (Å²) in [6.07, 6.45) is 1.68. The molecule has 2 amide bonds. The molecule has 5 nitrogen and oxygen atoms in total. The SMILES string of the molecule is CCOc1cc(/C=C2\SC(=O)N(c3ccccc3)C2=O)cc(Br)c1OCc1ccccc1Cl. The predicted molar refractivity (Wildman–Crippen MR) is 136 cm³/mol. The molecule has 33 heavy (non-hydrogen) atoms. The van der Waals surface area contributed by atoms with E-state index in [0.717, 1.165) is 17.3 Å². The monoisotopic (exact) mass is 543 g/mol. The smallest absolute Gasteiger partial charge is 0.298 e. The van der Waals surface area contributed by atoms with Gasteiger partial charge < -0.3 is 9.47 Å². The predicted octanol–water partition coefficient (Wildman–Crippen LogP) is 7.32. The Morgan fingerprint density at radius 2 is 1.76 bits per heavy atom. The van der Waals surface area contributed by atoms with E-state index in [0.29, 0.717) is 43.8 Å². The number of hydrogen-bond donors (Lipinski definition) is 0. The number of carbonyl (C=O) groups is 2. The van der Waals surface area contributed by atoms with Gasteiger partial charge in [0.2, 0.25) is 0 Å². The van der Waals surface area contributed by atoms with E-state index >= 15 is 0 Å². The topological polar surface area (TPSA) is 55.8 Å². The molecule has 0 aliphatic carbocycles. The van der Waals surface area contributed by atoms with Crippen molar-refractivity contribution in [1.29, 1.82) is 0 Å². The number of anilines is 1. The van der Waals surface area contributed by atoms with Gasteiger partial charge in [-0.05, 0) is 76.6 Å². The van der Waals surface area contributed by atoms with Crippen molar-refractivity contribution in [2.45, 2.75) is 13.5 Å². The van der Waals surface area contributed by atoms with E-state index < -0.39 is 0 Å². The van der Waals surface area contributed by atoms with Crippen LogP contribution in [0.25, 0.3) is 6.08 Å². The standard InChI is InChI=1S/C25H19BrClNO4S/c1-2-31-21-13-16(12-19(26)23(21)32-15-17-8-6-7-11-20(17)27)14-22-24(29)28(25(30)33-22)18-9-4-3-5-10-18/h3-14H,2,15H2,1H3/b22-14-. The Balaban J connectivity index is 1.61. The van der Waals surface area contributed by atoms with Gasteiger partial charge in [-0.3, -0.25) is 9.59 Å². The molecule has 3 aromatic rings. The number of hydrogen-bond acceptors (Lipinski definition) is 5. The summed E-state index contributed by atoms with van der Waals surface area (Å²) in [7, 11) is 0. The second kappa shape index (κ2) is 10.5. The molecule has 0 unspecified atom stereocenters. The van der Waals surface area contributed by atoms with Crippen LogP contribution in [0.1, 0.15) is 18.1 Å². The van der Waals surface area contributed by atoms with Gasteiger partial charge in [-0.25, -0.2) is 4.90 Å². The highest BCUT2D eigenvalue weighted by Crippen LogP contribution is 2.40. The van der Waals surface area contributed by atoms with Crippen molar-refractivity contribution in [3.8, 4) is 11.5 Å². The summed E-state index contributed by atoms with van der Waals surface area (Å²) < 4.78 is 12.5. The first-order chi connectivity index (χ1) is 16.0. The maximum atomic E-state index is 12.9. The van der Waals surface area contributed by atoms with Gasteiger partial charge in [-0.1, -0.05) is 48.0 Å². The molecule has 1 aliphatic rings. The molecular formula is C25H19BrClNO4S. The van der Waals surface area contributed by atoms with Crippen molar-refractivity contribution in [2.24, 2.45) is 0 Å². The molecule has 0 atom stereocenters. The zero-order valence-corrected chi connectivity index (χ0v) is 20.7. The van der Waals surface area contributed by atoms with Crippen LogP contribution < -0.4 is 14.4 Å². The zero-order chi connectivity index (χ0) is 23.4. The Hall–Kier alpha value is -2.74. The minimum absolute atomic E-state index is 0.271. The zero-order valence-electron chi connectivity index (χ0n) is 17.6. The van der Waals surface area contributed by atoms with Gasteiger partial charge in [0.05, 0.1) is 21.7 Å². The van der Waals surface area contributed by atoms with Gasteiger partial charge in [0.25, 0.3) is 11.1 Å². The second-order valence-electron chi connectivity index (χ2n) is 7.00. The number of amides is 2. The molecule has 1 aliphatic heterocycles. The van der Waals surface area contributed by atoms with Crippen molar-refractivity contribution >= 4 is 62.2 Å². The number of carbonyl (C=O) groups excluding carboxylic acids is 2. The van der Waals surface area contributed by atoms with E-state index in [2.05, 4.69) is 15.9 Å². The Morgan fingerprint density at radius 1 is 1.03 bits per heavy atom. The maximum Gasteiger partial charge on any atom is 0.298 e. The largest absolute Gasteiger partial charge is 0.490 e. The average molecular weight is 545 g/mol. The molecule has 0 radical (unpaired) electrons. The summed E-state index contributed by atoms with van der Waals surface area (Å²) in [4.78, 5) is 26.9. The third-order valence-electron chi connectivity index (χ3n) is 4.77. The summed E-state index contributed by atoms with van der Waals surface area (Å²) in [5, 5.41) is 0.290. The van der Waals surface area contributed by atoms with Crippen LogP contribution in [-0.2, 0) is 11.4 Å². The van der Waals surface area contributed by atoms with Gasteiger partial charge in [0.15, 0.2) is 11.5 Å². The van der Waals surface area contributed by atoms with E-state index in [4.69, 9.17) is 21.1 Å². The van der Waals surface area contributed by atoms with Gasteiger partial charge in [-0.2, -0.15) is 0 Å². The summed E-state index contributed by atoms with van der Waals surface area (Å²) in [5.74, 6) is 0.697. The minimum Gasteiger partial charge on any atom is -0.490 e. The fourth-order valence-electron chi connectivity index (χ4n) is 3.26. The first-order valence-corrected chi connectivity index (χ1v) is 12.1. The van der Waals surface area contributed by atoms with E-state index in [1.165, 1.54) is 4.90 Å². The van der Waals surface area contributed by atoms with Crippen LogP contribution in [0.15, 0.2) is 76.1 Å². The molecule has 1 fully saturated rings. The lowest BCUT2D eigenvalue weighted by atomic mass is 10.1. The molecule has 168 valence electrons. The highest BCUT2D eigenvalue weighted by Gasteiger charge is 2.36. The molecule has 0 saturated carbocycles. The normalized spacial score (nSPS) is 14.8. The van der Waals surface area contributed by atoms with Crippen molar-refractivity contribution in [3.63, 3.8) is 0 Å². The quantitative estimate of drug-likeness (QED) is 0.292. The summed E-state index contributed by atoms with van der Waals surface area (Å²) in [5.41, 5.74) is 2.10. The fraction of sp³-hybridized carbons (Fsp3) is 0.120. The molecule has 4 rings (SSSR count). The second-order valence-corrected chi connectivity index (χ2v) is 9.25. The van der Waals surface area contributed by atoms with E-state index in [1.807, 2.05) is 43.3 Å². The molecule has 1 saturated heterocycles. The van der Waals surface area contributed by atoms with E-state index in [-0.39, 0.29) is 17.8 Å². The van der Waals surface area contributed by atoms with Gasteiger partial charge >= 0.3 is 0 Å². The van der Waals surface area contributed by atoms with Crippen molar-refractivity contribution in [2.75, 3.05) is 11.5 Å². The molecule has 0 bridgehead atoms. The van der Waals surface area contributed by atoms with Crippen molar-refractivity contribution < 1.29 is 19.1 Å².